The Labute approximate surface area is 214 Å². The van der Waals surface area contributed by atoms with Crippen LogP contribution in [0, 0.1) is 20.5 Å². The van der Waals surface area contributed by atoms with E-state index in [0.717, 1.165) is 36.6 Å². The summed E-state index contributed by atoms with van der Waals surface area (Å²) in [4.78, 5) is 20.5. The van der Waals surface area contributed by atoms with Crippen molar-refractivity contribution >= 4 is 5.69 Å². The molecular formula is C26H28N6O5. The third-order valence-corrected chi connectivity index (χ3v) is 5.43. The van der Waals surface area contributed by atoms with Crippen LogP contribution in [0.3, 0.4) is 0 Å². The highest BCUT2D eigenvalue weighted by molar-refractivity contribution is 5.54. The molecule has 4 aromatic rings. The van der Waals surface area contributed by atoms with Crippen molar-refractivity contribution in [3.8, 4) is 28.5 Å². The molecule has 0 atom stereocenters. The number of pyridine rings is 4. The number of hydrogen-bond donors (Lipinski definition) is 0. The lowest BCUT2D eigenvalue weighted by atomic mass is 10.2. The summed E-state index contributed by atoms with van der Waals surface area (Å²) in [5, 5.41) is 33.9. The monoisotopic (exact) mass is 504 g/mol. The smallest absolute Gasteiger partial charge is 0.282 e. The van der Waals surface area contributed by atoms with E-state index < -0.39 is 4.92 Å². The molecule has 0 spiro atoms. The second-order valence-electron chi connectivity index (χ2n) is 7.73. The molecule has 0 unspecified atom stereocenters. The molecule has 11 heteroatoms. The zero-order chi connectivity index (χ0) is 26.6. The molecule has 0 saturated heterocycles. The first-order chi connectivity index (χ1) is 17.9. The molecule has 0 aliphatic rings. The molecule has 0 radical (unpaired) electrons. The van der Waals surface area contributed by atoms with Gasteiger partial charge < -0.3 is 20.1 Å². The second kappa shape index (κ2) is 13.4. The summed E-state index contributed by atoms with van der Waals surface area (Å²) in [5.41, 5.74) is 1.57. The lowest BCUT2D eigenvalue weighted by Crippen LogP contribution is -2.29. The van der Waals surface area contributed by atoms with E-state index in [1.54, 1.807) is 36.5 Å². The molecule has 192 valence electrons. The van der Waals surface area contributed by atoms with Crippen LogP contribution in [0.25, 0.3) is 22.8 Å². The summed E-state index contributed by atoms with van der Waals surface area (Å²) in [7, 11) is 0. The van der Waals surface area contributed by atoms with Crippen LogP contribution < -0.4 is 14.2 Å². The van der Waals surface area contributed by atoms with Crippen molar-refractivity contribution in [2.45, 2.75) is 13.8 Å². The highest BCUT2D eigenvalue weighted by Crippen LogP contribution is 2.18. The quantitative estimate of drug-likeness (QED) is 0.146. The Morgan fingerprint density at radius 1 is 0.865 bits per heavy atom. The van der Waals surface area contributed by atoms with E-state index >= 15 is 0 Å². The van der Waals surface area contributed by atoms with Crippen LogP contribution in [0.2, 0.25) is 0 Å². The van der Waals surface area contributed by atoms with Gasteiger partial charge in [0, 0.05) is 25.0 Å². The Balaban J connectivity index is 0.000000213. The number of hydrogen-bond acceptors (Lipinski definition) is 8. The van der Waals surface area contributed by atoms with E-state index in [9.17, 15) is 20.5 Å². The number of rotatable bonds is 9. The maximum Gasteiger partial charge on any atom is 0.282 e. The van der Waals surface area contributed by atoms with Crippen molar-refractivity contribution in [2.24, 2.45) is 0 Å². The molecule has 0 fully saturated rings. The molecule has 0 aliphatic carbocycles. The fraction of sp³-hybridized carbons (Fsp3) is 0.231. The molecule has 11 nitrogen and oxygen atoms in total. The van der Waals surface area contributed by atoms with Crippen LogP contribution in [0.1, 0.15) is 13.8 Å². The van der Waals surface area contributed by atoms with Gasteiger partial charge in [0.2, 0.25) is 11.4 Å². The van der Waals surface area contributed by atoms with Gasteiger partial charge >= 0.3 is 0 Å². The average Bonchev–Trinajstić information content (AvgIpc) is 2.93. The zero-order valence-electron chi connectivity index (χ0n) is 20.6. The Bertz CT molecular complexity index is 1290. The van der Waals surface area contributed by atoms with Crippen molar-refractivity contribution in [1.82, 2.24) is 14.9 Å². The maximum absolute atomic E-state index is 11.9. The summed E-state index contributed by atoms with van der Waals surface area (Å²) in [5.74, 6) is 0.690. The lowest BCUT2D eigenvalue weighted by Gasteiger charge is -2.18. The van der Waals surface area contributed by atoms with E-state index in [1.165, 1.54) is 18.5 Å². The molecule has 0 bridgehead atoms. The number of ether oxygens (including phenoxy) is 1. The predicted molar refractivity (Wildman–Crippen MR) is 137 cm³/mol. The van der Waals surface area contributed by atoms with Gasteiger partial charge in [-0.05, 0) is 37.4 Å². The minimum atomic E-state index is -0.549. The van der Waals surface area contributed by atoms with E-state index in [-0.39, 0.29) is 11.4 Å². The van der Waals surface area contributed by atoms with Gasteiger partial charge in [-0.1, -0.05) is 26.0 Å². The lowest BCUT2D eigenvalue weighted by molar-refractivity contribution is -0.594. The van der Waals surface area contributed by atoms with E-state index in [4.69, 9.17) is 4.74 Å². The Morgan fingerprint density at radius 2 is 1.43 bits per heavy atom. The first-order valence-corrected chi connectivity index (χ1v) is 11.7. The summed E-state index contributed by atoms with van der Waals surface area (Å²) in [6, 6.07) is 16.3. The number of nitrogens with zero attached hydrogens (tertiary/aromatic N) is 6. The van der Waals surface area contributed by atoms with Crippen LogP contribution in [0.5, 0.6) is 5.75 Å². The highest BCUT2D eigenvalue weighted by Gasteiger charge is 2.16. The molecule has 0 aliphatic heterocycles. The van der Waals surface area contributed by atoms with Gasteiger partial charge in [-0.15, -0.1) is 0 Å². The Morgan fingerprint density at radius 3 is 1.95 bits per heavy atom. The molecule has 37 heavy (non-hydrogen) atoms. The van der Waals surface area contributed by atoms with Gasteiger partial charge in [0.25, 0.3) is 5.69 Å². The van der Waals surface area contributed by atoms with Crippen LogP contribution in [0.15, 0.2) is 85.5 Å². The molecular weight excluding hydrogens is 476 g/mol. The minimum absolute atomic E-state index is 0.132. The van der Waals surface area contributed by atoms with Crippen molar-refractivity contribution < 1.29 is 19.1 Å². The number of nitro groups is 1. The SMILES string of the molecule is CCN(CC)CCOc1cc[n+]([O-])c(-c2ccccn2)c1.O=[N+]([O-])c1cc[n+]([O-])c(-c2ccccn2)c1. The Kier molecular flexibility index (Phi) is 9.80. The molecule has 0 N–H and O–H groups in total. The predicted octanol–water partition coefficient (Wildman–Crippen LogP) is 3.39. The molecule has 0 amide bonds. The molecule has 4 rings (SSSR count). The Hall–Kier alpha value is -4.64. The zero-order valence-corrected chi connectivity index (χ0v) is 20.6. The average molecular weight is 505 g/mol. The molecule has 4 aromatic heterocycles. The third kappa shape index (κ3) is 7.67. The van der Waals surface area contributed by atoms with Gasteiger partial charge in [0.1, 0.15) is 23.7 Å². The van der Waals surface area contributed by atoms with Crippen LogP contribution in [-0.4, -0.2) is 46.0 Å². The van der Waals surface area contributed by atoms with Crippen molar-refractivity contribution in [3.05, 3.63) is 106 Å². The van der Waals surface area contributed by atoms with Gasteiger partial charge in [0.05, 0.1) is 23.1 Å². The highest BCUT2D eigenvalue weighted by atomic mass is 16.6. The first kappa shape index (κ1) is 27.0. The molecule has 0 saturated carbocycles. The normalized spacial score (nSPS) is 10.5. The molecule has 4 heterocycles. The topological polar surface area (TPSA) is 135 Å². The fourth-order valence-electron chi connectivity index (χ4n) is 3.38. The third-order valence-electron chi connectivity index (χ3n) is 5.43. The van der Waals surface area contributed by atoms with E-state index in [0.29, 0.717) is 34.2 Å². The van der Waals surface area contributed by atoms with Crippen LogP contribution in [0.4, 0.5) is 5.69 Å². The van der Waals surface area contributed by atoms with Crippen molar-refractivity contribution in [2.75, 3.05) is 26.2 Å². The standard InChI is InChI=1S/C16H21N3O2.C10H7N3O3/c1-3-18(4-2)11-12-21-14-8-10-19(20)16(13-14)15-7-5-6-9-17-15;14-12-6-4-8(13(15)16)7-10(12)9-3-1-2-5-11-9/h5-10,13H,3-4,11-12H2,1-2H3;1-7H. The second-order valence-corrected chi connectivity index (χ2v) is 7.73. The van der Waals surface area contributed by atoms with E-state index in [2.05, 4.69) is 28.7 Å². The summed E-state index contributed by atoms with van der Waals surface area (Å²) in [6.07, 6.45) is 5.75. The van der Waals surface area contributed by atoms with Gasteiger partial charge in [-0.2, -0.15) is 9.46 Å². The van der Waals surface area contributed by atoms with Crippen molar-refractivity contribution in [3.63, 3.8) is 0 Å². The van der Waals surface area contributed by atoms with Crippen molar-refractivity contribution in [1.29, 1.82) is 0 Å². The molecule has 0 aromatic carbocycles. The number of likely N-dealkylation sites (N-methyl/N-ethyl adjacent to an activating group) is 1. The largest absolute Gasteiger partial charge is 0.618 e. The van der Waals surface area contributed by atoms with E-state index in [1.807, 2.05) is 18.2 Å². The maximum atomic E-state index is 11.9. The van der Waals surface area contributed by atoms with Gasteiger partial charge in [-0.3, -0.25) is 10.1 Å². The summed E-state index contributed by atoms with van der Waals surface area (Å²) in [6.45, 7) is 7.75. The van der Waals surface area contributed by atoms with Gasteiger partial charge in [0.15, 0.2) is 12.4 Å². The summed E-state index contributed by atoms with van der Waals surface area (Å²) < 4.78 is 7.09. The fourth-order valence-corrected chi connectivity index (χ4v) is 3.38. The van der Waals surface area contributed by atoms with Gasteiger partial charge in [-0.25, -0.2) is 9.97 Å². The number of aromatic nitrogens is 4. The first-order valence-electron chi connectivity index (χ1n) is 11.7. The van der Waals surface area contributed by atoms with Crippen LogP contribution in [-0.2, 0) is 0 Å². The minimum Gasteiger partial charge on any atom is -0.618 e. The van der Waals surface area contributed by atoms with Crippen LogP contribution >= 0.6 is 0 Å². The summed E-state index contributed by atoms with van der Waals surface area (Å²) >= 11 is 0.